The lowest BCUT2D eigenvalue weighted by molar-refractivity contribution is -0.138. The van der Waals surface area contributed by atoms with Gasteiger partial charge in [-0.05, 0) is 209 Å². The summed E-state index contributed by atoms with van der Waals surface area (Å²) < 4.78 is 5.32. The SMILES string of the molecule is CC.CC.CC.CC.CC.CC.CC.CC(=O)/C=C/c1ccccc1C=O.CC(=O)[C@@H](Cc1ccc(Cl)cc1)NC(=O)C[C@H]1CCc2ccccc21.CC(C)(C)OC(=O)N1Cc2ccccc2/C1=C/C(=O)O.CCc1ccccc1/C=C/C(C)=O.Cc1ccccc1C=O.O=C(O)CC1CCc2ccccc21.O=C(O)CC1CCc2ccccc21. The topological polar surface area (TPSA) is 256 Å². The predicted molar refractivity (Wildman–Crippen MR) is 496 cm³/mol. The van der Waals surface area contributed by atoms with Crippen molar-refractivity contribution in [1.82, 2.24) is 10.2 Å². The largest absolute Gasteiger partial charge is 0.481 e. The molecular formula is C103H137ClN2O14. The van der Waals surface area contributed by atoms with Crippen molar-refractivity contribution in [2.45, 2.75) is 259 Å². The summed E-state index contributed by atoms with van der Waals surface area (Å²) in [6.45, 7) is 42.2. The van der Waals surface area contributed by atoms with Gasteiger partial charge in [0.25, 0.3) is 0 Å². The number of halogens is 1. The van der Waals surface area contributed by atoms with Gasteiger partial charge in [-0.25, -0.2) is 9.59 Å². The van der Waals surface area contributed by atoms with Crippen LogP contribution in [0, 0.1) is 6.92 Å². The second-order valence-electron chi connectivity index (χ2n) is 27.0. The molecule has 17 heteroatoms. The Morgan fingerprint density at radius 1 is 0.483 bits per heavy atom. The maximum absolute atomic E-state index is 12.5. The summed E-state index contributed by atoms with van der Waals surface area (Å²) >= 11 is 5.89. The molecule has 0 spiro atoms. The van der Waals surface area contributed by atoms with E-state index in [9.17, 15) is 47.9 Å². The molecule has 4 atom stereocenters. The van der Waals surface area contributed by atoms with Crippen LogP contribution in [0.15, 0.2) is 212 Å². The van der Waals surface area contributed by atoms with Gasteiger partial charge < -0.3 is 25.4 Å². The van der Waals surface area contributed by atoms with Crippen molar-refractivity contribution in [2.75, 3.05) is 0 Å². The van der Waals surface area contributed by atoms with Crippen molar-refractivity contribution in [2.24, 2.45) is 0 Å². The maximum atomic E-state index is 12.5. The molecule has 2 unspecified atom stereocenters. The van der Waals surface area contributed by atoms with E-state index in [1.165, 1.54) is 63.8 Å². The number of allylic oxidation sites excluding steroid dienone is 2. The van der Waals surface area contributed by atoms with Gasteiger partial charge in [-0.1, -0.05) is 310 Å². The predicted octanol–water partition coefficient (Wildman–Crippen LogP) is 25.3. The van der Waals surface area contributed by atoms with Crippen LogP contribution in [0.25, 0.3) is 17.8 Å². The van der Waals surface area contributed by atoms with Crippen LogP contribution >= 0.6 is 11.6 Å². The van der Waals surface area contributed by atoms with Gasteiger partial charge in [0.2, 0.25) is 5.91 Å². The number of ether oxygens (including phenoxy) is 1. The van der Waals surface area contributed by atoms with Crippen molar-refractivity contribution >= 4 is 89.3 Å². The summed E-state index contributed by atoms with van der Waals surface area (Å²) in [7, 11) is 0. The van der Waals surface area contributed by atoms with E-state index in [2.05, 4.69) is 54.7 Å². The third-order valence-electron chi connectivity index (χ3n) is 17.9. The first-order chi connectivity index (χ1) is 57.7. The quantitative estimate of drug-likeness (QED) is 0.0460. The number of carboxylic acid groups (broad SMARTS) is 3. The number of benzene rings is 8. The molecule has 4 N–H and O–H groups in total. The Morgan fingerprint density at radius 2 is 0.858 bits per heavy atom. The number of hydrogen-bond acceptors (Lipinski definition) is 11. The fourth-order valence-corrected chi connectivity index (χ4v) is 12.7. The van der Waals surface area contributed by atoms with E-state index in [0.29, 0.717) is 35.7 Å². The molecule has 8 aromatic rings. The molecule has 0 radical (unpaired) electrons. The lowest BCUT2D eigenvalue weighted by atomic mass is 9.96. The highest BCUT2D eigenvalue weighted by Crippen LogP contribution is 2.38. The summed E-state index contributed by atoms with van der Waals surface area (Å²) in [6.07, 6.45) is 17.3. The standard InChI is InChI=1S/C21H22ClNO2.C15H17NO4.C12H14O.2C11H12O2.C11H10O2.C8H8O.7C2H6/c1-14(24)20(12-15-6-10-18(22)11-7-15)23-21(25)13-17-9-8-16-4-2-3-5-19(16)17;1-15(2,3)20-14(19)16-9-10-6-4-5-7-11(10)12(16)8-13(17)18;1-3-11-6-4-5-7-12(11)9-8-10(2)13;2*12-11(13)7-9-6-5-8-3-1-2-4-10(8)9;1-9(13)6-7-10-4-2-3-5-11(10)8-12;1-7-4-2-3-5-8(7)6-9;7*1-2/h2-7,10-11,17,20H,8-9,12-13H2,1H3,(H,23,25);4-8H,9H2,1-3H3,(H,17,18);4-9H,3H2,1-2H3;2*1-4,9H,5-7H2,(H,12,13);2-8H,1H3;2-6H,1H3;7*1-2H3/b;12-8-;9-8+;;;7-6+;;;;;;;;/t17-,20-;;;;;;;;;;;;;/m1............./s1. The van der Waals surface area contributed by atoms with Gasteiger partial charge >= 0.3 is 24.0 Å². The Hall–Kier alpha value is -11.2. The Balaban J connectivity index is 0. The average molecular weight is 1660 g/mol. The number of aldehydes is 2. The van der Waals surface area contributed by atoms with Gasteiger partial charge in [0.15, 0.2) is 23.6 Å². The third-order valence-corrected chi connectivity index (χ3v) is 18.1. The first-order valence-electron chi connectivity index (χ1n) is 42.4. The van der Waals surface area contributed by atoms with Gasteiger partial charge in [0.05, 0.1) is 31.1 Å². The number of amides is 2. The Kier molecular flexibility index (Phi) is 59.8. The number of nitrogens with zero attached hydrogens (tertiary/aromatic N) is 1. The van der Waals surface area contributed by atoms with E-state index in [0.717, 1.165) is 103 Å². The van der Waals surface area contributed by atoms with Gasteiger partial charge in [0, 0.05) is 34.2 Å². The normalized spacial score (nSPS) is 13.8. The van der Waals surface area contributed by atoms with E-state index in [1.807, 2.05) is 225 Å². The van der Waals surface area contributed by atoms with Crippen LogP contribution in [-0.4, -0.2) is 91.7 Å². The zero-order chi connectivity index (χ0) is 91.3. The zero-order valence-corrected chi connectivity index (χ0v) is 76.2. The first-order valence-corrected chi connectivity index (χ1v) is 42.8. The van der Waals surface area contributed by atoms with Crippen LogP contribution in [0.1, 0.15) is 295 Å². The summed E-state index contributed by atoms with van der Waals surface area (Å²) in [6, 6.07) is 61.5. The lowest BCUT2D eigenvalue weighted by Crippen LogP contribution is -2.41. The molecule has 1 heterocycles. The lowest BCUT2D eigenvalue weighted by Gasteiger charge is -2.25. The van der Waals surface area contributed by atoms with Gasteiger partial charge in [-0.3, -0.25) is 43.3 Å². The van der Waals surface area contributed by atoms with Crippen LogP contribution in [0.3, 0.4) is 0 Å². The molecule has 12 rings (SSSR count). The molecule has 3 aliphatic carbocycles. The number of hydrogen-bond donors (Lipinski definition) is 4. The minimum atomic E-state index is -1.09. The summed E-state index contributed by atoms with van der Waals surface area (Å²) in [5.41, 5.74) is 15.7. The molecular weight excluding hydrogens is 1520 g/mol. The highest BCUT2D eigenvalue weighted by molar-refractivity contribution is 6.30. The summed E-state index contributed by atoms with van der Waals surface area (Å²) in [5, 5.41) is 30.0. The third kappa shape index (κ3) is 42.4. The molecule has 0 saturated heterocycles. The highest BCUT2D eigenvalue weighted by atomic mass is 35.5. The fraction of sp³-hybridized carbons (Fsp3) is 0.379. The van der Waals surface area contributed by atoms with Crippen molar-refractivity contribution in [1.29, 1.82) is 0 Å². The number of ketones is 3. The second kappa shape index (κ2) is 64.7. The Labute approximate surface area is 723 Å². The zero-order valence-electron chi connectivity index (χ0n) is 75.5. The van der Waals surface area contributed by atoms with Gasteiger partial charge in [-0.2, -0.15) is 0 Å². The van der Waals surface area contributed by atoms with Crippen molar-refractivity contribution in [3.05, 3.63) is 301 Å². The maximum Gasteiger partial charge on any atom is 0.415 e. The van der Waals surface area contributed by atoms with E-state index in [4.69, 9.17) is 31.7 Å². The summed E-state index contributed by atoms with van der Waals surface area (Å²) in [4.78, 5) is 112. The van der Waals surface area contributed by atoms with E-state index >= 15 is 0 Å². The number of rotatable bonds is 18. The van der Waals surface area contributed by atoms with Crippen LogP contribution in [-0.2, 0) is 76.9 Å². The Morgan fingerprint density at radius 3 is 1.25 bits per heavy atom. The van der Waals surface area contributed by atoms with Gasteiger partial charge in [0.1, 0.15) is 11.9 Å². The molecule has 2 amide bonds. The van der Waals surface area contributed by atoms with Crippen LogP contribution in [0.4, 0.5) is 4.79 Å². The minimum Gasteiger partial charge on any atom is -0.481 e. The summed E-state index contributed by atoms with van der Waals surface area (Å²) in [5.74, 6) is -1.77. The minimum absolute atomic E-state index is 0.0271. The molecule has 0 fully saturated rings. The number of aryl methyl sites for hydroxylation is 5. The molecule has 0 aromatic heterocycles. The average Bonchev–Trinajstić information content (AvgIpc) is 1.63. The Bertz CT molecular complexity index is 4380. The van der Waals surface area contributed by atoms with Crippen LogP contribution in [0.2, 0.25) is 5.02 Å². The van der Waals surface area contributed by atoms with E-state index in [1.54, 1.807) is 76.2 Å². The molecule has 650 valence electrons. The monoisotopic (exact) mass is 1660 g/mol. The fourth-order valence-electron chi connectivity index (χ4n) is 12.6. The van der Waals surface area contributed by atoms with E-state index < -0.39 is 35.6 Å². The molecule has 0 bridgehead atoms. The van der Waals surface area contributed by atoms with Gasteiger partial charge in [-0.15, -0.1) is 0 Å². The van der Waals surface area contributed by atoms with Crippen LogP contribution in [0.5, 0.6) is 0 Å². The number of carboxylic acids is 3. The number of fused-ring (bicyclic) bond motifs is 4. The second-order valence-corrected chi connectivity index (χ2v) is 27.5. The molecule has 16 nitrogen and oxygen atoms in total. The molecule has 1 aliphatic heterocycles. The number of Topliss-reactive ketones (excluding diaryl/α,β-unsaturated/α-hetero) is 1. The van der Waals surface area contributed by atoms with Crippen molar-refractivity contribution < 1.29 is 68.0 Å². The molecule has 8 aromatic carbocycles. The number of nitrogens with one attached hydrogen (secondary N) is 1. The number of carbonyl (C=O) groups is 10. The van der Waals surface area contributed by atoms with Crippen LogP contribution < -0.4 is 5.32 Å². The number of carbonyl (C=O) groups excluding carboxylic acids is 7. The van der Waals surface area contributed by atoms with Crippen molar-refractivity contribution in [3.8, 4) is 0 Å². The molecule has 120 heavy (non-hydrogen) atoms. The van der Waals surface area contributed by atoms with E-state index in [-0.39, 0.29) is 53.9 Å². The number of aliphatic carboxylic acids is 3. The molecule has 4 aliphatic rings. The first kappa shape index (κ1) is 111. The van der Waals surface area contributed by atoms with Crippen molar-refractivity contribution in [3.63, 3.8) is 0 Å². The molecule has 0 saturated carbocycles. The highest BCUT2D eigenvalue weighted by Gasteiger charge is 2.33. The smallest absolute Gasteiger partial charge is 0.415 e.